The number of halogens is 2. The Morgan fingerprint density at radius 2 is 1.97 bits per heavy atom. The Labute approximate surface area is 222 Å². The highest BCUT2D eigenvalue weighted by molar-refractivity contribution is 6.02. The number of pyridine rings is 1. The van der Waals surface area contributed by atoms with Crippen LogP contribution in [0, 0.1) is 0 Å². The number of nitrogens with zero attached hydrogens (tertiary/aromatic N) is 5. The van der Waals surface area contributed by atoms with Crippen LogP contribution < -0.4 is 9.80 Å². The molecule has 0 spiro atoms. The van der Waals surface area contributed by atoms with Crippen LogP contribution in [0.2, 0.25) is 0 Å². The number of aryl methyl sites for hydroxylation is 2. The van der Waals surface area contributed by atoms with E-state index in [4.69, 9.17) is 9.47 Å². The summed E-state index contributed by atoms with van der Waals surface area (Å²) in [5.74, 6) is -0.180. The lowest BCUT2D eigenvalue weighted by atomic mass is 9.93. The highest BCUT2D eigenvalue weighted by atomic mass is 19.3. The molecule has 11 heteroatoms. The van der Waals surface area contributed by atoms with Crippen molar-refractivity contribution in [2.45, 2.75) is 19.3 Å². The fourth-order valence-corrected chi connectivity index (χ4v) is 5.29. The molecule has 2 aliphatic rings. The number of esters is 1. The van der Waals surface area contributed by atoms with Crippen LogP contribution in [-0.2, 0) is 22.9 Å². The molecule has 39 heavy (non-hydrogen) atoms. The van der Waals surface area contributed by atoms with E-state index < -0.39 is 18.5 Å². The number of fused-ring (bicyclic) bond motifs is 2. The molecule has 2 aliphatic heterocycles. The number of rotatable bonds is 5. The Morgan fingerprint density at radius 3 is 2.67 bits per heavy atom. The Morgan fingerprint density at radius 1 is 1.13 bits per heavy atom. The maximum Gasteiger partial charge on any atom is 0.414 e. The number of aromatic nitrogens is 3. The van der Waals surface area contributed by atoms with E-state index >= 15 is 0 Å². The monoisotopic (exact) mass is 533 g/mol. The first kappa shape index (κ1) is 24.8. The van der Waals surface area contributed by atoms with Gasteiger partial charge in [0.1, 0.15) is 12.4 Å². The van der Waals surface area contributed by atoms with E-state index in [0.29, 0.717) is 65.2 Å². The zero-order valence-corrected chi connectivity index (χ0v) is 21.4. The summed E-state index contributed by atoms with van der Waals surface area (Å²) in [7, 11) is 3.02. The molecule has 0 N–H and O–H groups in total. The summed E-state index contributed by atoms with van der Waals surface area (Å²) in [4.78, 5) is 32.8. The van der Waals surface area contributed by atoms with Gasteiger partial charge >= 0.3 is 12.1 Å². The number of anilines is 3. The Kier molecular flexibility index (Phi) is 6.13. The molecule has 1 amide bonds. The van der Waals surface area contributed by atoms with Gasteiger partial charge in [0, 0.05) is 47.7 Å². The number of hydrogen-bond donors (Lipinski definition) is 0. The van der Waals surface area contributed by atoms with Gasteiger partial charge in [-0.25, -0.2) is 23.4 Å². The number of hydrogen-bond acceptors (Lipinski definition) is 7. The fraction of sp³-hybridized carbons (Fsp3) is 0.286. The maximum atomic E-state index is 14.4. The minimum absolute atomic E-state index is 0.0986. The normalized spacial score (nSPS) is 15.2. The van der Waals surface area contributed by atoms with Crippen LogP contribution in [0.15, 0.2) is 48.8 Å². The first-order valence-corrected chi connectivity index (χ1v) is 12.5. The summed E-state index contributed by atoms with van der Waals surface area (Å²) in [6.45, 7) is 1.21. The van der Waals surface area contributed by atoms with Crippen molar-refractivity contribution in [3.8, 4) is 11.1 Å². The van der Waals surface area contributed by atoms with Gasteiger partial charge in [-0.1, -0.05) is 6.07 Å². The molecule has 6 rings (SSSR count). The summed E-state index contributed by atoms with van der Waals surface area (Å²) in [5, 5.41) is 5.52. The third-order valence-corrected chi connectivity index (χ3v) is 7.14. The SMILES string of the molecule is COC(=O)c1cc2ccc(N3CCOC3=O)cc2c(N2CCCc3cc(-c4cnn(C)c4)c(C(F)F)cc32)n1. The summed E-state index contributed by atoms with van der Waals surface area (Å²) in [6, 6.07) is 10.3. The van der Waals surface area contributed by atoms with Gasteiger partial charge < -0.3 is 14.4 Å². The fourth-order valence-electron chi connectivity index (χ4n) is 5.29. The predicted octanol–water partition coefficient (Wildman–Crippen LogP) is 5.40. The van der Waals surface area contributed by atoms with Crippen molar-refractivity contribution in [3.63, 3.8) is 0 Å². The minimum atomic E-state index is -2.71. The van der Waals surface area contributed by atoms with E-state index in [1.165, 1.54) is 18.1 Å². The average Bonchev–Trinajstić information content (AvgIpc) is 3.58. The molecule has 9 nitrogen and oxygen atoms in total. The van der Waals surface area contributed by atoms with Crippen molar-refractivity contribution in [2.24, 2.45) is 7.05 Å². The van der Waals surface area contributed by atoms with Crippen molar-refractivity contribution >= 4 is 40.0 Å². The van der Waals surface area contributed by atoms with E-state index in [0.717, 1.165) is 12.0 Å². The largest absolute Gasteiger partial charge is 0.464 e. The molecule has 200 valence electrons. The van der Waals surface area contributed by atoms with Crippen molar-refractivity contribution in [1.29, 1.82) is 0 Å². The van der Waals surface area contributed by atoms with Crippen molar-refractivity contribution in [1.82, 2.24) is 14.8 Å². The first-order valence-electron chi connectivity index (χ1n) is 12.5. The van der Waals surface area contributed by atoms with Gasteiger partial charge in [-0.2, -0.15) is 5.10 Å². The van der Waals surface area contributed by atoms with Gasteiger partial charge in [0.15, 0.2) is 5.69 Å². The second-order valence-electron chi connectivity index (χ2n) is 9.52. The zero-order chi connectivity index (χ0) is 27.3. The molecule has 4 heterocycles. The number of benzene rings is 2. The predicted molar refractivity (Wildman–Crippen MR) is 141 cm³/mol. The second-order valence-corrected chi connectivity index (χ2v) is 9.52. The Bertz CT molecular complexity index is 1620. The molecular weight excluding hydrogens is 508 g/mol. The van der Waals surface area contributed by atoms with Gasteiger partial charge in [-0.05, 0) is 59.7 Å². The van der Waals surface area contributed by atoms with Crippen LogP contribution in [-0.4, -0.2) is 53.6 Å². The van der Waals surface area contributed by atoms with Crippen molar-refractivity contribution in [3.05, 3.63) is 65.6 Å². The summed E-state index contributed by atoms with van der Waals surface area (Å²) < 4.78 is 40.4. The second kappa shape index (κ2) is 9.64. The first-order chi connectivity index (χ1) is 18.8. The molecule has 1 saturated heterocycles. The molecule has 0 radical (unpaired) electrons. The van der Waals surface area contributed by atoms with Gasteiger partial charge in [0.05, 0.1) is 19.9 Å². The average molecular weight is 534 g/mol. The lowest BCUT2D eigenvalue weighted by Gasteiger charge is -2.33. The van der Waals surface area contributed by atoms with Gasteiger partial charge in [0.2, 0.25) is 0 Å². The molecule has 2 aromatic carbocycles. The van der Waals surface area contributed by atoms with E-state index in [9.17, 15) is 18.4 Å². The van der Waals surface area contributed by atoms with Gasteiger partial charge in [-0.15, -0.1) is 0 Å². The summed E-state index contributed by atoms with van der Waals surface area (Å²) in [6.07, 6.45) is 1.58. The third-order valence-electron chi connectivity index (χ3n) is 7.14. The molecule has 0 saturated carbocycles. The topological polar surface area (TPSA) is 89.8 Å². The van der Waals surface area contributed by atoms with Crippen LogP contribution in [0.3, 0.4) is 0 Å². The zero-order valence-electron chi connectivity index (χ0n) is 21.4. The quantitative estimate of drug-likeness (QED) is 0.317. The molecular formula is C28H25F2N5O4. The molecule has 0 atom stereocenters. The summed E-state index contributed by atoms with van der Waals surface area (Å²) in [5.41, 5.74) is 3.16. The molecule has 0 unspecified atom stereocenters. The van der Waals surface area contributed by atoms with Crippen molar-refractivity contribution < 1.29 is 27.8 Å². The molecule has 2 aromatic heterocycles. The van der Waals surface area contributed by atoms with E-state index in [2.05, 4.69) is 10.1 Å². The number of ether oxygens (including phenoxy) is 2. The lowest BCUT2D eigenvalue weighted by molar-refractivity contribution is 0.0594. The van der Waals surface area contributed by atoms with Gasteiger partial charge in [0.25, 0.3) is 6.43 Å². The van der Waals surface area contributed by atoms with E-state index in [1.54, 1.807) is 48.4 Å². The van der Waals surface area contributed by atoms with E-state index in [-0.39, 0.29) is 11.3 Å². The molecule has 0 aliphatic carbocycles. The van der Waals surface area contributed by atoms with Crippen LogP contribution in [0.25, 0.3) is 21.9 Å². The number of methoxy groups -OCH3 is 1. The van der Waals surface area contributed by atoms with Crippen LogP contribution in [0.1, 0.15) is 34.5 Å². The Balaban J connectivity index is 1.55. The number of carbonyl (C=O) groups is 2. The Hall–Kier alpha value is -4.54. The molecule has 0 bridgehead atoms. The number of carbonyl (C=O) groups excluding carboxylic acids is 2. The van der Waals surface area contributed by atoms with Crippen LogP contribution in [0.4, 0.5) is 30.8 Å². The molecule has 1 fully saturated rings. The van der Waals surface area contributed by atoms with Gasteiger partial charge in [-0.3, -0.25) is 9.58 Å². The lowest BCUT2D eigenvalue weighted by Crippen LogP contribution is -2.27. The highest BCUT2D eigenvalue weighted by Crippen LogP contribution is 2.43. The third kappa shape index (κ3) is 4.33. The number of cyclic esters (lactones) is 1. The number of alkyl halides is 2. The molecule has 4 aromatic rings. The minimum Gasteiger partial charge on any atom is -0.464 e. The van der Waals surface area contributed by atoms with Crippen molar-refractivity contribution in [2.75, 3.05) is 36.6 Å². The highest BCUT2D eigenvalue weighted by Gasteiger charge is 2.29. The van der Waals surface area contributed by atoms with Crippen LogP contribution in [0.5, 0.6) is 0 Å². The standard InChI is InChI=1S/C28H25F2N5O4/c1-33-15-18(14-31-33)20-10-17-4-3-7-35(24(17)13-22(20)25(29)30)26-21-12-19(34-8-9-39-28(34)37)6-5-16(21)11-23(32-26)27(36)38-2/h5-6,10-15,25H,3-4,7-9H2,1-2H3. The van der Waals surface area contributed by atoms with E-state index in [1.807, 2.05) is 11.0 Å². The van der Waals surface area contributed by atoms with Crippen LogP contribution >= 0.6 is 0 Å². The summed E-state index contributed by atoms with van der Waals surface area (Å²) >= 11 is 0. The smallest absolute Gasteiger partial charge is 0.414 e. The number of amides is 1. The maximum absolute atomic E-state index is 14.4.